The highest BCUT2D eigenvalue weighted by atomic mass is 16.5. The molecular weight excluding hydrogens is 220 g/mol. The van der Waals surface area contributed by atoms with E-state index in [1.165, 1.54) is 6.33 Å². The molecule has 5 heteroatoms. The van der Waals surface area contributed by atoms with E-state index < -0.39 is 0 Å². The molecule has 2 rings (SSSR count). The van der Waals surface area contributed by atoms with Crippen molar-refractivity contribution in [3.05, 3.63) is 42.4 Å². The van der Waals surface area contributed by atoms with Gasteiger partial charge in [0.2, 0.25) is 5.88 Å². The van der Waals surface area contributed by atoms with Gasteiger partial charge in [0, 0.05) is 12.3 Å². The molecule has 1 heterocycles. The maximum atomic E-state index is 9.02. The van der Waals surface area contributed by atoms with E-state index in [0.29, 0.717) is 17.4 Å². The Morgan fingerprint density at radius 3 is 2.76 bits per heavy atom. The third kappa shape index (κ3) is 2.70. The Balaban J connectivity index is 2.26. The summed E-state index contributed by atoms with van der Waals surface area (Å²) < 4.78 is 10.7. The van der Waals surface area contributed by atoms with Crippen LogP contribution in [0.15, 0.2) is 36.8 Å². The quantitative estimate of drug-likeness (QED) is 0.870. The third-order valence-electron chi connectivity index (χ3n) is 2.18. The van der Waals surface area contributed by atoms with E-state index >= 15 is 0 Å². The van der Waals surface area contributed by atoms with Gasteiger partial charge in [-0.3, -0.25) is 0 Å². The zero-order valence-electron chi connectivity index (χ0n) is 9.33. The van der Waals surface area contributed by atoms with Crippen molar-refractivity contribution in [1.82, 2.24) is 9.97 Å². The number of methoxy groups -OCH3 is 1. The Morgan fingerprint density at radius 1 is 1.24 bits per heavy atom. The van der Waals surface area contributed by atoms with Gasteiger partial charge < -0.3 is 14.6 Å². The van der Waals surface area contributed by atoms with E-state index in [1.807, 2.05) is 0 Å². The monoisotopic (exact) mass is 232 g/mol. The molecule has 1 aromatic carbocycles. The van der Waals surface area contributed by atoms with Crippen molar-refractivity contribution in [3.63, 3.8) is 0 Å². The largest absolute Gasteiger partial charge is 0.493 e. The fourth-order valence-corrected chi connectivity index (χ4v) is 1.35. The third-order valence-corrected chi connectivity index (χ3v) is 2.18. The molecule has 0 amide bonds. The van der Waals surface area contributed by atoms with Gasteiger partial charge in [-0.25, -0.2) is 9.97 Å². The second-order valence-corrected chi connectivity index (χ2v) is 3.29. The second-order valence-electron chi connectivity index (χ2n) is 3.29. The first-order valence-electron chi connectivity index (χ1n) is 5.05. The van der Waals surface area contributed by atoms with E-state index in [-0.39, 0.29) is 6.61 Å². The van der Waals surface area contributed by atoms with E-state index in [9.17, 15) is 0 Å². The van der Waals surface area contributed by atoms with E-state index in [2.05, 4.69) is 9.97 Å². The number of nitrogens with zero attached hydrogens (tertiary/aromatic N) is 2. The average Bonchev–Trinajstić information content (AvgIpc) is 2.40. The maximum Gasteiger partial charge on any atom is 0.222 e. The molecule has 1 N–H and O–H groups in total. The zero-order valence-corrected chi connectivity index (χ0v) is 9.33. The van der Waals surface area contributed by atoms with Crippen LogP contribution >= 0.6 is 0 Å². The molecular formula is C12H12N2O3. The molecule has 0 radical (unpaired) electrons. The average molecular weight is 232 g/mol. The van der Waals surface area contributed by atoms with Gasteiger partial charge in [-0.15, -0.1) is 0 Å². The van der Waals surface area contributed by atoms with Crippen LogP contribution in [0, 0.1) is 0 Å². The van der Waals surface area contributed by atoms with E-state index in [0.717, 1.165) is 5.56 Å². The molecule has 0 saturated heterocycles. The van der Waals surface area contributed by atoms with Crippen molar-refractivity contribution in [1.29, 1.82) is 0 Å². The van der Waals surface area contributed by atoms with Crippen molar-refractivity contribution < 1.29 is 14.6 Å². The standard InChI is InChI=1S/C12H12N2O3/c1-16-11-6-9(7-15)2-3-10(11)17-12-4-5-13-8-14-12/h2-6,8,15H,7H2,1H3. The number of aromatic nitrogens is 2. The molecule has 17 heavy (non-hydrogen) atoms. The SMILES string of the molecule is COc1cc(CO)ccc1Oc1ccncn1. The van der Waals surface area contributed by atoms with Crippen molar-refractivity contribution in [2.45, 2.75) is 6.61 Å². The van der Waals surface area contributed by atoms with Gasteiger partial charge >= 0.3 is 0 Å². The highest BCUT2D eigenvalue weighted by Crippen LogP contribution is 2.31. The van der Waals surface area contributed by atoms with Crippen LogP contribution in [0.25, 0.3) is 0 Å². The van der Waals surface area contributed by atoms with Crippen LogP contribution in [0.1, 0.15) is 5.56 Å². The Bertz CT molecular complexity index is 488. The number of aliphatic hydroxyl groups is 1. The molecule has 0 atom stereocenters. The number of benzene rings is 1. The smallest absolute Gasteiger partial charge is 0.222 e. The maximum absolute atomic E-state index is 9.02. The summed E-state index contributed by atoms with van der Waals surface area (Å²) in [5.74, 6) is 1.54. The summed E-state index contributed by atoms with van der Waals surface area (Å²) in [6, 6.07) is 6.86. The lowest BCUT2D eigenvalue weighted by Crippen LogP contribution is -1.94. The van der Waals surface area contributed by atoms with Gasteiger partial charge in [-0.2, -0.15) is 0 Å². The second kappa shape index (κ2) is 5.27. The van der Waals surface area contributed by atoms with Gasteiger partial charge in [0.1, 0.15) is 6.33 Å². The summed E-state index contributed by atoms with van der Waals surface area (Å²) in [7, 11) is 1.54. The normalized spacial score (nSPS) is 10.0. The summed E-state index contributed by atoms with van der Waals surface area (Å²) in [5, 5.41) is 9.02. The fourth-order valence-electron chi connectivity index (χ4n) is 1.35. The molecule has 0 aliphatic heterocycles. The summed E-state index contributed by atoms with van der Waals surface area (Å²) in [4.78, 5) is 7.76. The number of aliphatic hydroxyl groups excluding tert-OH is 1. The number of ether oxygens (including phenoxy) is 2. The molecule has 5 nitrogen and oxygen atoms in total. The van der Waals surface area contributed by atoms with Crippen LogP contribution in [0.5, 0.6) is 17.4 Å². The summed E-state index contributed by atoms with van der Waals surface area (Å²) in [5.41, 5.74) is 0.761. The van der Waals surface area contributed by atoms with Crippen LogP contribution in [0.2, 0.25) is 0 Å². The minimum atomic E-state index is -0.0376. The fraction of sp³-hybridized carbons (Fsp3) is 0.167. The molecule has 0 aliphatic rings. The molecule has 88 valence electrons. The molecule has 2 aromatic rings. The van der Waals surface area contributed by atoms with Crippen LogP contribution in [0.3, 0.4) is 0 Å². The van der Waals surface area contributed by atoms with Gasteiger partial charge in [-0.05, 0) is 17.7 Å². The predicted octanol–water partition coefficient (Wildman–Crippen LogP) is 1.77. The molecule has 0 unspecified atom stereocenters. The highest BCUT2D eigenvalue weighted by Gasteiger charge is 2.07. The van der Waals surface area contributed by atoms with Crippen LogP contribution in [-0.4, -0.2) is 22.2 Å². The number of rotatable bonds is 4. The molecule has 0 saturated carbocycles. The van der Waals surface area contributed by atoms with Crippen LogP contribution in [0.4, 0.5) is 0 Å². The highest BCUT2D eigenvalue weighted by molar-refractivity contribution is 5.44. The Kier molecular flexibility index (Phi) is 3.52. The van der Waals surface area contributed by atoms with Gasteiger partial charge in [-0.1, -0.05) is 6.07 Å². The summed E-state index contributed by atoms with van der Waals surface area (Å²) in [6.45, 7) is -0.0376. The Labute approximate surface area is 98.7 Å². The zero-order chi connectivity index (χ0) is 12.1. The van der Waals surface area contributed by atoms with Gasteiger partial charge in [0.15, 0.2) is 11.5 Å². The van der Waals surface area contributed by atoms with Gasteiger partial charge in [0.05, 0.1) is 13.7 Å². The number of hydrogen-bond donors (Lipinski definition) is 1. The lowest BCUT2D eigenvalue weighted by molar-refractivity contribution is 0.280. The summed E-state index contributed by atoms with van der Waals surface area (Å²) in [6.07, 6.45) is 3.00. The first-order chi connectivity index (χ1) is 8.33. The van der Waals surface area contributed by atoms with E-state index in [1.54, 1.807) is 37.6 Å². The number of hydrogen-bond acceptors (Lipinski definition) is 5. The van der Waals surface area contributed by atoms with Crippen molar-refractivity contribution in [3.8, 4) is 17.4 Å². The Hall–Kier alpha value is -2.14. The minimum absolute atomic E-state index is 0.0376. The van der Waals surface area contributed by atoms with Crippen LogP contribution in [-0.2, 0) is 6.61 Å². The van der Waals surface area contributed by atoms with Crippen molar-refractivity contribution >= 4 is 0 Å². The molecule has 1 aromatic heterocycles. The first kappa shape index (κ1) is 11.3. The predicted molar refractivity (Wildman–Crippen MR) is 61.0 cm³/mol. The lowest BCUT2D eigenvalue weighted by Gasteiger charge is -2.10. The minimum Gasteiger partial charge on any atom is -0.493 e. The molecule has 0 aliphatic carbocycles. The summed E-state index contributed by atoms with van der Waals surface area (Å²) >= 11 is 0. The van der Waals surface area contributed by atoms with Gasteiger partial charge in [0.25, 0.3) is 0 Å². The molecule has 0 spiro atoms. The first-order valence-corrected chi connectivity index (χ1v) is 5.05. The molecule has 0 fully saturated rings. The van der Waals surface area contributed by atoms with Crippen molar-refractivity contribution in [2.24, 2.45) is 0 Å². The molecule has 0 bridgehead atoms. The Morgan fingerprint density at radius 2 is 2.12 bits per heavy atom. The topological polar surface area (TPSA) is 64.5 Å². The lowest BCUT2D eigenvalue weighted by atomic mass is 10.2. The van der Waals surface area contributed by atoms with E-state index in [4.69, 9.17) is 14.6 Å². The van der Waals surface area contributed by atoms with Crippen molar-refractivity contribution in [2.75, 3.05) is 7.11 Å². The van der Waals surface area contributed by atoms with Crippen LogP contribution < -0.4 is 9.47 Å².